The molecule has 2 aromatic heterocycles. The Balaban J connectivity index is 2.23. The zero-order chi connectivity index (χ0) is 14.7. The van der Waals surface area contributed by atoms with Gasteiger partial charge in [0.15, 0.2) is 0 Å². The molecule has 0 atom stereocenters. The maximum atomic E-state index is 11.2. The molecular weight excluding hydrogens is 278 g/mol. The number of nitrogens with zero attached hydrogens (tertiary/aromatic N) is 3. The van der Waals surface area contributed by atoms with Crippen LogP contribution in [0.1, 0.15) is 21.7 Å². The number of carboxylic acid groups (broad SMARTS) is 1. The van der Waals surface area contributed by atoms with Crippen LogP contribution in [0.5, 0.6) is 5.88 Å². The summed E-state index contributed by atoms with van der Waals surface area (Å²) >= 11 is 1.15. The van der Waals surface area contributed by atoms with E-state index in [1.54, 1.807) is 6.92 Å². The Morgan fingerprint density at radius 1 is 1.45 bits per heavy atom. The molecule has 0 bridgehead atoms. The lowest BCUT2D eigenvalue weighted by Crippen LogP contribution is -2.15. The molecule has 0 aromatic carbocycles. The number of rotatable bonds is 6. The molecule has 0 aliphatic carbocycles. The quantitative estimate of drug-likeness (QED) is 0.822. The molecule has 0 saturated heterocycles. The van der Waals surface area contributed by atoms with Crippen LogP contribution in [0.25, 0.3) is 10.2 Å². The van der Waals surface area contributed by atoms with Crippen molar-refractivity contribution in [3.05, 3.63) is 16.8 Å². The molecule has 2 aromatic rings. The minimum Gasteiger partial charge on any atom is -0.477 e. The second-order valence-corrected chi connectivity index (χ2v) is 5.72. The van der Waals surface area contributed by atoms with Crippen molar-refractivity contribution >= 4 is 27.5 Å². The summed E-state index contributed by atoms with van der Waals surface area (Å²) in [7, 11) is 4.01. The summed E-state index contributed by atoms with van der Waals surface area (Å²) in [5, 5.41) is 9.86. The molecule has 0 amide bonds. The van der Waals surface area contributed by atoms with Crippen LogP contribution >= 0.6 is 11.3 Å². The number of fused-ring (bicyclic) bond motifs is 1. The maximum absolute atomic E-state index is 11.2. The number of aromatic carboxylic acids is 1. The highest BCUT2D eigenvalue weighted by Crippen LogP contribution is 2.34. The fourth-order valence-electron chi connectivity index (χ4n) is 1.90. The van der Waals surface area contributed by atoms with E-state index in [1.807, 2.05) is 14.1 Å². The summed E-state index contributed by atoms with van der Waals surface area (Å²) in [5.41, 5.74) is 0.667. The Kier molecular flexibility index (Phi) is 4.51. The first-order valence-electron chi connectivity index (χ1n) is 6.25. The largest absolute Gasteiger partial charge is 0.477 e. The molecule has 2 rings (SSSR count). The van der Waals surface area contributed by atoms with Gasteiger partial charge in [-0.15, -0.1) is 11.3 Å². The zero-order valence-corrected chi connectivity index (χ0v) is 12.5. The van der Waals surface area contributed by atoms with Gasteiger partial charge < -0.3 is 14.7 Å². The highest BCUT2D eigenvalue weighted by Gasteiger charge is 2.19. The van der Waals surface area contributed by atoms with E-state index in [-0.39, 0.29) is 0 Å². The Labute approximate surface area is 121 Å². The van der Waals surface area contributed by atoms with Crippen molar-refractivity contribution in [1.29, 1.82) is 0 Å². The van der Waals surface area contributed by atoms with E-state index >= 15 is 0 Å². The van der Waals surface area contributed by atoms with Crippen molar-refractivity contribution in [2.75, 3.05) is 27.2 Å². The number of hydrogen-bond acceptors (Lipinski definition) is 6. The van der Waals surface area contributed by atoms with E-state index in [1.165, 1.54) is 6.33 Å². The number of thiophene rings is 1. The van der Waals surface area contributed by atoms with Gasteiger partial charge in [0, 0.05) is 6.54 Å². The summed E-state index contributed by atoms with van der Waals surface area (Å²) in [6, 6.07) is 0. The Bertz CT molecular complexity index is 625. The average Bonchev–Trinajstić information content (AvgIpc) is 2.73. The smallest absolute Gasteiger partial charge is 0.346 e. The zero-order valence-electron chi connectivity index (χ0n) is 11.7. The molecule has 0 fully saturated rings. The molecule has 2 heterocycles. The van der Waals surface area contributed by atoms with Crippen LogP contribution < -0.4 is 4.74 Å². The van der Waals surface area contributed by atoms with Gasteiger partial charge in [0.05, 0.1) is 12.0 Å². The SMILES string of the molecule is Cc1c(C(=O)O)sc2ncnc(OCCCN(C)C)c12. The van der Waals surface area contributed by atoms with E-state index in [9.17, 15) is 4.79 Å². The number of aromatic nitrogens is 2. The predicted molar refractivity (Wildman–Crippen MR) is 77.8 cm³/mol. The highest BCUT2D eigenvalue weighted by atomic mass is 32.1. The van der Waals surface area contributed by atoms with E-state index < -0.39 is 5.97 Å². The first-order chi connectivity index (χ1) is 9.50. The van der Waals surface area contributed by atoms with Gasteiger partial charge in [-0.05, 0) is 33.0 Å². The molecule has 0 saturated carbocycles. The topological polar surface area (TPSA) is 75.5 Å². The third kappa shape index (κ3) is 3.05. The van der Waals surface area contributed by atoms with Gasteiger partial charge in [0.2, 0.25) is 5.88 Å². The first-order valence-corrected chi connectivity index (χ1v) is 7.07. The molecule has 1 N–H and O–H groups in total. The maximum Gasteiger partial charge on any atom is 0.346 e. The fourth-order valence-corrected chi connectivity index (χ4v) is 2.88. The van der Waals surface area contributed by atoms with Crippen LogP contribution in [0, 0.1) is 6.92 Å². The summed E-state index contributed by atoms with van der Waals surface area (Å²) in [6.45, 7) is 3.23. The normalized spacial score (nSPS) is 11.2. The van der Waals surface area contributed by atoms with Crippen molar-refractivity contribution < 1.29 is 14.6 Å². The van der Waals surface area contributed by atoms with Gasteiger partial charge in [-0.25, -0.2) is 14.8 Å². The van der Waals surface area contributed by atoms with Crippen molar-refractivity contribution in [2.45, 2.75) is 13.3 Å². The summed E-state index contributed by atoms with van der Waals surface area (Å²) in [4.78, 5) is 22.4. The number of hydrogen-bond donors (Lipinski definition) is 1. The van der Waals surface area contributed by atoms with Gasteiger partial charge >= 0.3 is 5.97 Å². The van der Waals surface area contributed by atoms with Crippen LogP contribution in [0.2, 0.25) is 0 Å². The second-order valence-electron chi connectivity index (χ2n) is 4.73. The minimum atomic E-state index is -0.941. The lowest BCUT2D eigenvalue weighted by atomic mass is 10.2. The highest BCUT2D eigenvalue weighted by molar-refractivity contribution is 7.20. The molecule has 108 valence electrons. The average molecular weight is 295 g/mol. The third-order valence-corrected chi connectivity index (χ3v) is 4.06. The standard InChI is InChI=1S/C13H17N3O3S/c1-8-9-11(19-6-4-5-16(2)3)14-7-15-12(9)20-10(8)13(17)18/h7H,4-6H2,1-3H3,(H,17,18). The lowest BCUT2D eigenvalue weighted by molar-refractivity contribution is 0.0701. The number of carboxylic acids is 1. The Morgan fingerprint density at radius 3 is 2.85 bits per heavy atom. The number of aryl methyl sites for hydroxylation is 1. The number of carbonyl (C=O) groups is 1. The van der Waals surface area contributed by atoms with Gasteiger partial charge in [-0.3, -0.25) is 0 Å². The van der Waals surface area contributed by atoms with Crippen LogP contribution in [0.3, 0.4) is 0 Å². The Hall–Kier alpha value is -1.73. The molecule has 20 heavy (non-hydrogen) atoms. The van der Waals surface area contributed by atoms with Crippen molar-refractivity contribution in [3.8, 4) is 5.88 Å². The molecule has 6 nitrogen and oxygen atoms in total. The summed E-state index contributed by atoms with van der Waals surface area (Å²) in [5.74, 6) is -0.473. The van der Waals surface area contributed by atoms with Gasteiger partial charge in [0.25, 0.3) is 0 Å². The molecule has 0 aliphatic rings. The summed E-state index contributed by atoms with van der Waals surface area (Å²) in [6.07, 6.45) is 2.29. The van der Waals surface area contributed by atoms with Crippen LogP contribution in [-0.4, -0.2) is 53.2 Å². The van der Waals surface area contributed by atoms with E-state index in [2.05, 4.69) is 14.9 Å². The van der Waals surface area contributed by atoms with Crippen molar-refractivity contribution in [1.82, 2.24) is 14.9 Å². The van der Waals surface area contributed by atoms with Gasteiger partial charge in [-0.1, -0.05) is 0 Å². The third-order valence-electron chi connectivity index (χ3n) is 2.87. The van der Waals surface area contributed by atoms with Crippen molar-refractivity contribution in [3.63, 3.8) is 0 Å². The molecule has 0 spiro atoms. The van der Waals surface area contributed by atoms with Crippen LogP contribution in [0.4, 0.5) is 0 Å². The van der Waals surface area contributed by atoms with Crippen LogP contribution in [-0.2, 0) is 0 Å². The first kappa shape index (κ1) is 14.7. The number of ether oxygens (including phenoxy) is 1. The van der Waals surface area contributed by atoms with E-state index in [0.29, 0.717) is 33.1 Å². The fraction of sp³-hybridized carbons (Fsp3) is 0.462. The van der Waals surface area contributed by atoms with Gasteiger partial charge in [0.1, 0.15) is 16.0 Å². The predicted octanol–water partition coefficient (Wildman–Crippen LogP) is 2.03. The van der Waals surface area contributed by atoms with E-state index in [0.717, 1.165) is 24.3 Å². The van der Waals surface area contributed by atoms with E-state index in [4.69, 9.17) is 9.84 Å². The van der Waals surface area contributed by atoms with Crippen molar-refractivity contribution in [2.24, 2.45) is 0 Å². The minimum absolute atomic E-state index is 0.290. The lowest BCUT2D eigenvalue weighted by Gasteiger charge is -2.10. The molecule has 7 heteroatoms. The summed E-state index contributed by atoms with van der Waals surface area (Å²) < 4.78 is 5.68. The molecule has 0 radical (unpaired) electrons. The molecular formula is C13H17N3O3S. The monoisotopic (exact) mass is 295 g/mol. The molecule has 0 aliphatic heterocycles. The molecule has 0 unspecified atom stereocenters. The van der Waals surface area contributed by atoms with Crippen LogP contribution in [0.15, 0.2) is 6.33 Å². The van der Waals surface area contributed by atoms with Gasteiger partial charge in [-0.2, -0.15) is 0 Å². The Morgan fingerprint density at radius 2 is 2.20 bits per heavy atom. The second kappa shape index (κ2) is 6.15.